The van der Waals surface area contributed by atoms with Crippen molar-refractivity contribution in [3.05, 3.63) is 72.1 Å². The molecule has 12 nitrogen and oxygen atoms in total. The first-order valence-corrected chi connectivity index (χ1v) is 19.0. The van der Waals surface area contributed by atoms with E-state index in [2.05, 4.69) is 20.8 Å². The van der Waals surface area contributed by atoms with Crippen molar-refractivity contribution in [2.24, 2.45) is 0 Å². The standard InChI is InChI=1S/C35H43N3O9S2/c1-7-37(8-2)25-11-14-28-31(21-25)47-32-22-26(38(9-3)10-4)12-15-29(32)34(28)30-16-13-27(23-33(30)49(42,43)44)48(40,41)36-17-18-45-19-20-46-35(39)24(5)6/h11-16,21-23,36H,5,7-10,17-20H2,1-4,6H3/p+1. The molecule has 0 saturated heterocycles. The maximum absolute atomic E-state index is 13.2. The second kappa shape index (κ2) is 16.1. The lowest BCUT2D eigenvalue weighted by atomic mass is 9.93. The van der Waals surface area contributed by atoms with Crippen molar-refractivity contribution in [3.8, 4) is 22.5 Å². The number of fused-ring (bicyclic) bond motifs is 2. The number of hydrogen-bond donors (Lipinski definition) is 2. The number of sulfonamides is 1. The lowest BCUT2D eigenvalue weighted by molar-refractivity contribution is -0.140. The van der Waals surface area contributed by atoms with Gasteiger partial charge in [0.25, 0.3) is 10.1 Å². The van der Waals surface area contributed by atoms with E-state index in [1.165, 1.54) is 19.1 Å². The third-order valence-electron chi connectivity index (χ3n) is 8.10. The summed E-state index contributed by atoms with van der Waals surface area (Å²) in [7, 11) is -9.14. The summed E-state index contributed by atoms with van der Waals surface area (Å²) in [6.45, 7) is 16.1. The molecule has 49 heavy (non-hydrogen) atoms. The molecular formula is C35H44N3O9S2+. The third-order valence-corrected chi connectivity index (χ3v) is 10.5. The van der Waals surface area contributed by atoms with Crippen molar-refractivity contribution >= 4 is 42.8 Å². The number of carbonyl (C=O) groups excluding carboxylic acids is 1. The SMILES string of the molecule is C=C(C)C(=O)OCCOCCNS(=O)(=O)c1ccc(-c2c3ccc(=[N+](CC)CC)cc-3oc3cc(N(CC)CC)ccc23)c(S(=O)(=O)O)c1. The first-order chi connectivity index (χ1) is 23.2. The largest absolute Gasteiger partial charge is 0.460 e. The van der Waals surface area contributed by atoms with Gasteiger partial charge in [0.15, 0.2) is 0 Å². The normalized spacial score (nSPS) is 12.0. The third kappa shape index (κ3) is 8.75. The van der Waals surface area contributed by atoms with E-state index in [9.17, 15) is 26.2 Å². The molecule has 1 aliphatic carbocycles. The van der Waals surface area contributed by atoms with E-state index in [4.69, 9.17) is 13.9 Å². The van der Waals surface area contributed by atoms with Crippen LogP contribution in [0.15, 0.2) is 81.0 Å². The van der Waals surface area contributed by atoms with Crippen molar-refractivity contribution in [1.82, 2.24) is 9.30 Å². The Morgan fingerprint density at radius 3 is 2.24 bits per heavy atom. The Hall–Kier alpha value is -4.08. The molecule has 1 aliphatic heterocycles. The van der Waals surface area contributed by atoms with Crippen LogP contribution in [0, 0.1) is 0 Å². The molecule has 0 unspecified atom stereocenters. The molecular weight excluding hydrogens is 671 g/mol. The minimum absolute atomic E-state index is 0.0265. The van der Waals surface area contributed by atoms with Gasteiger partial charge in [-0.05, 0) is 65.0 Å². The van der Waals surface area contributed by atoms with Gasteiger partial charge in [-0.1, -0.05) is 12.6 Å². The molecule has 0 fully saturated rings. The number of ether oxygens (including phenoxy) is 2. The molecule has 1 heterocycles. The van der Waals surface area contributed by atoms with Gasteiger partial charge in [0.2, 0.25) is 15.4 Å². The first kappa shape index (κ1) is 37.7. The molecule has 2 aromatic carbocycles. The summed E-state index contributed by atoms with van der Waals surface area (Å²) in [5.41, 5.74) is 2.84. The lowest BCUT2D eigenvalue weighted by Gasteiger charge is -2.22. The molecule has 14 heteroatoms. The van der Waals surface area contributed by atoms with Crippen LogP contribution in [0.4, 0.5) is 5.69 Å². The van der Waals surface area contributed by atoms with Crippen LogP contribution in [-0.4, -0.2) is 79.9 Å². The molecule has 0 atom stereocenters. The van der Waals surface area contributed by atoms with Crippen molar-refractivity contribution < 1.29 is 40.1 Å². The zero-order valence-corrected chi connectivity index (χ0v) is 30.1. The van der Waals surface area contributed by atoms with Gasteiger partial charge in [-0.25, -0.2) is 22.5 Å². The van der Waals surface area contributed by atoms with Crippen LogP contribution >= 0.6 is 0 Å². The van der Waals surface area contributed by atoms with Gasteiger partial charge in [0.1, 0.15) is 35.9 Å². The molecule has 2 N–H and O–H groups in total. The van der Waals surface area contributed by atoms with E-state index in [1.54, 1.807) is 0 Å². The first-order valence-electron chi connectivity index (χ1n) is 16.1. The van der Waals surface area contributed by atoms with Gasteiger partial charge in [-0.3, -0.25) is 4.55 Å². The van der Waals surface area contributed by atoms with E-state index >= 15 is 0 Å². The van der Waals surface area contributed by atoms with Crippen LogP contribution in [0.2, 0.25) is 0 Å². The molecule has 0 radical (unpaired) electrons. The fourth-order valence-electron chi connectivity index (χ4n) is 5.57. The maximum Gasteiger partial charge on any atom is 0.333 e. The van der Waals surface area contributed by atoms with E-state index < -0.39 is 31.0 Å². The van der Waals surface area contributed by atoms with E-state index in [-0.39, 0.29) is 42.4 Å². The number of benzene rings is 3. The van der Waals surface area contributed by atoms with Gasteiger partial charge in [0.05, 0.1) is 24.2 Å². The van der Waals surface area contributed by atoms with Crippen LogP contribution in [0.25, 0.3) is 33.4 Å². The van der Waals surface area contributed by atoms with Crippen molar-refractivity contribution in [3.63, 3.8) is 0 Å². The molecule has 0 spiro atoms. The molecule has 2 aliphatic rings. The second-order valence-corrected chi connectivity index (χ2v) is 14.4. The zero-order valence-electron chi connectivity index (χ0n) is 28.5. The molecule has 2 aromatic rings. The van der Waals surface area contributed by atoms with Gasteiger partial charge < -0.3 is 18.8 Å². The fourth-order valence-corrected chi connectivity index (χ4v) is 7.41. The van der Waals surface area contributed by atoms with E-state index in [0.29, 0.717) is 27.9 Å². The quantitative estimate of drug-likeness (QED) is 0.0423. The van der Waals surface area contributed by atoms with Crippen molar-refractivity contribution in [2.75, 3.05) is 57.4 Å². The highest BCUT2D eigenvalue weighted by Gasteiger charge is 2.27. The highest BCUT2D eigenvalue weighted by Crippen LogP contribution is 2.43. The number of nitrogens with one attached hydrogen (secondary N) is 1. The minimum atomic E-state index is -4.92. The predicted molar refractivity (Wildman–Crippen MR) is 190 cm³/mol. The summed E-state index contributed by atoms with van der Waals surface area (Å²) in [6.07, 6.45) is 0. The number of anilines is 1. The second-order valence-electron chi connectivity index (χ2n) is 11.2. The van der Waals surface area contributed by atoms with Gasteiger partial charge >= 0.3 is 5.97 Å². The average molecular weight is 715 g/mol. The smallest absolute Gasteiger partial charge is 0.333 e. The lowest BCUT2D eigenvalue weighted by Crippen LogP contribution is -2.29. The molecule has 0 amide bonds. The maximum atomic E-state index is 13.2. The van der Waals surface area contributed by atoms with E-state index in [1.807, 2.05) is 64.1 Å². The zero-order chi connectivity index (χ0) is 35.9. The number of esters is 1. The number of rotatable bonds is 16. The van der Waals surface area contributed by atoms with Gasteiger partial charge in [-0.2, -0.15) is 8.42 Å². The van der Waals surface area contributed by atoms with Crippen LogP contribution in [-0.2, 0) is 34.4 Å². The summed E-state index contributed by atoms with van der Waals surface area (Å²) in [5, 5.41) is 1.51. The fraction of sp³-hybridized carbons (Fsp3) is 0.371. The summed E-state index contributed by atoms with van der Waals surface area (Å²) in [4.78, 5) is 12.7. The highest BCUT2D eigenvalue weighted by molar-refractivity contribution is 7.89. The summed E-state index contributed by atoms with van der Waals surface area (Å²) in [5.74, 6) is -0.0558. The highest BCUT2D eigenvalue weighted by atomic mass is 32.2. The van der Waals surface area contributed by atoms with Crippen LogP contribution in [0.1, 0.15) is 34.6 Å². The number of carbonyl (C=O) groups is 1. The monoisotopic (exact) mass is 714 g/mol. The van der Waals surface area contributed by atoms with Gasteiger partial charge in [0, 0.05) is 65.1 Å². The molecule has 0 saturated carbocycles. The van der Waals surface area contributed by atoms with Crippen LogP contribution < -0.4 is 19.6 Å². The van der Waals surface area contributed by atoms with Crippen molar-refractivity contribution in [1.29, 1.82) is 0 Å². The molecule has 4 rings (SSSR count). The Balaban J connectivity index is 1.79. The topological polar surface area (TPSA) is 155 Å². The molecule has 264 valence electrons. The Morgan fingerprint density at radius 2 is 1.61 bits per heavy atom. The summed E-state index contributed by atoms with van der Waals surface area (Å²) in [6, 6.07) is 15.0. The number of hydrogen-bond acceptors (Lipinski definition) is 9. The molecule has 0 aromatic heterocycles. The Kier molecular flexibility index (Phi) is 12.4. The van der Waals surface area contributed by atoms with E-state index in [0.717, 1.165) is 43.3 Å². The number of nitrogens with zero attached hydrogens (tertiary/aromatic N) is 2. The minimum Gasteiger partial charge on any atom is -0.460 e. The van der Waals surface area contributed by atoms with Crippen LogP contribution in [0.5, 0.6) is 0 Å². The summed E-state index contributed by atoms with van der Waals surface area (Å²) < 4.78 is 83.9. The van der Waals surface area contributed by atoms with Crippen LogP contribution in [0.3, 0.4) is 0 Å². The van der Waals surface area contributed by atoms with Gasteiger partial charge in [-0.15, -0.1) is 0 Å². The molecule has 0 bridgehead atoms. The Bertz CT molecular complexity index is 2100. The predicted octanol–water partition coefficient (Wildman–Crippen LogP) is 4.52. The Morgan fingerprint density at radius 1 is 0.918 bits per heavy atom. The van der Waals surface area contributed by atoms with Crippen molar-refractivity contribution in [2.45, 2.75) is 44.4 Å². The summed E-state index contributed by atoms with van der Waals surface area (Å²) >= 11 is 0. The Labute approximate surface area is 287 Å². The average Bonchev–Trinajstić information content (AvgIpc) is 3.07.